The van der Waals surface area contributed by atoms with Crippen LogP contribution >= 0.6 is 0 Å². The van der Waals surface area contributed by atoms with Crippen LogP contribution in [0.2, 0.25) is 0 Å². The summed E-state index contributed by atoms with van der Waals surface area (Å²) in [6, 6.07) is 7.93. The molecule has 0 unspecified atom stereocenters. The second kappa shape index (κ2) is 4.49. The minimum atomic E-state index is 0.217. The molecule has 0 atom stereocenters. The van der Waals surface area contributed by atoms with Crippen molar-refractivity contribution < 1.29 is 13.9 Å². The number of para-hydroxylation sites is 1. The highest BCUT2D eigenvalue weighted by molar-refractivity contribution is 5.82. The molecule has 0 spiro atoms. The Morgan fingerprint density at radius 3 is 2.82 bits per heavy atom. The lowest BCUT2D eigenvalue weighted by Gasteiger charge is -2.25. The van der Waals surface area contributed by atoms with Gasteiger partial charge in [0.15, 0.2) is 0 Å². The van der Waals surface area contributed by atoms with Gasteiger partial charge in [0.05, 0.1) is 26.4 Å². The average molecular weight is 233 g/mol. The van der Waals surface area contributed by atoms with Crippen molar-refractivity contribution in [3.63, 3.8) is 0 Å². The molecule has 0 amide bonds. The first-order valence-electron chi connectivity index (χ1n) is 5.77. The van der Waals surface area contributed by atoms with Crippen LogP contribution in [-0.2, 0) is 22.6 Å². The van der Waals surface area contributed by atoms with E-state index in [0.717, 1.165) is 22.3 Å². The molecule has 2 heterocycles. The fourth-order valence-electron chi connectivity index (χ4n) is 1.98. The molecule has 1 fully saturated rings. The molecule has 0 bridgehead atoms. The summed E-state index contributed by atoms with van der Waals surface area (Å²) in [5.41, 5.74) is 7.63. The van der Waals surface area contributed by atoms with Crippen LogP contribution in [0.3, 0.4) is 0 Å². The lowest BCUT2D eigenvalue weighted by Crippen LogP contribution is -2.35. The molecule has 1 aromatic heterocycles. The number of fused-ring (bicyclic) bond motifs is 1. The third-order valence-electron chi connectivity index (χ3n) is 3.04. The monoisotopic (exact) mass is 233 g/mol. The molecular weight excluding hydrogens is 218 g/mol. The summed E-state index contributed by atoms with van der Waals surface area (Å²) in [6.45, 7) is 2.31. The molecule has 4 heteroatoms. The smallest absolute Gasteiger partial charge is 0.134 e. The summed E-state index contributed by atoms with van der Waals surface area (Å²) in [5.74, 6) is 0.812. The van der Waals surface area contributed by atoms with E-state index in [9.17, 15) is 0 Å². The van der Waals surface area contributed by atoms with Gasteiger partial charge in [0.2, 0.25) is 0 Å². The van der Waals surface area contributed by atoms with Crippen LogP contribution in [0, 0.1) is 0 Å². The van der Waals surface area contributed by atoms with Crippen molar-refractivity contribution in [3.8, 4) is 0 Å². The van der Waals surface area contributed by atoms with Gasteiger partial charge in [0.25, 0.3) is 0 Å². The van der Waals surface area contributed by atoms with Crippen LogP contribution in [0.25, 0.3) is 11.0 Å². The van der Waals surface area contributed by atoms with E-state index < -0.39 is 0 Å². The summed E-state index contributed by atoms with van der Waals surface area (Å²) < 4.78 is 16.5. The number of benzene rings is 1. The van der Waals surface area contributed by atoms with Gasteiger partial charge in [-0.1, -0.05) is 18.2 Å². The number of hydrogen-bond acceptors (Lipinski definition) is 4. The van der Waals surface area contributed by atoms with Crippen molar-refractivity contribution in [1.29, 1.82) is 0 Å². The summed E-state index contributed by atoms with van der Waals surface area (Å²) in [4.78, 5) is 0. The normalized spacial score (nSPS) is 16.3. The van der Waals surface area contributed by atoms with Gasteiger partial charge in [-0.2, -0.15) is 0 Å². The van der Waals surface area contributed by atoms with E-state index in [1.807, 2.05) is 24.3 Å². The Labute approximate surface area is 99.3 Å². The molecule has 0 saturated carbocycles. The highest BCUT2D eigenvalue weighted by atomic mass is 16.6. The van der Waals surface area contributed by atoms with Gasteiger partial charge in [-0.05, 0) is 6.07 Å². The Balaban J connectivity index is 1.88. The molecular formula is C13H15NO3. The van der Waals surface area contributed by atoms with E-state index in [4.69, 9.17) is 19.6 Å². The Kier molecular flexibility index (Phi) is 2.84. The van der Waals surface area contributed by atoms with Gasteiger partial charge in [-0.15, -0.1) is 0 Å². The highest BCUT2D eigenvalue weighted by Crippen LogP contribution is 2.27. The maximum absolute atomic E-state index is 5.73. The van der Waals surface area contributed by atoms with Gasteiger partial charge < -0.3 is 19.6 Å². The number of nitrogens with two attached hydrogens (primary N) is 1. The van der Waals surface area contributed by atoms with E-state index in [-0.39, 0.29) is 6.10 Å². The number of hydrogen-bond donors (Lipinski definition) is 1. The zero-order valence-corrected chi connectivity index (χ0v) is 9.52. The van der Waals surface area contributed by atoms with Gasteiger partial charge >= 0.3 is 0 Å². The van der Waals surface area contributed by atoms with Gasteiger partial charge in [-0.3, -0.25) is 0 Å². The molecule has 1 saturated heterocycles. The second-order valence-electron chi connectivity index (χ2n) is 4.17. The van der Waals surface area contributed by atoms with E-state index in [2.05, 4.69) is 0 Å². The van der Waals surface area contributed by atoms with Crippen LogP contribution in [0.1, 0.15) is 11.3 Å². The van der Waals surface area contributed by atoms with Crippen molar-refractivity contribution in [2.75, 3.05) is 13.2 Å². The maximum atomic E-state index is 5.73. The standard InChI is InChI=1S/C13H15NO3/c14-5-13-11(8-16-9-6-15-7-9)10-3-1-2-4-12(10)17-13/h1-4,9H,5-8,14H2. The first-order valence-corrected chi connectivity index (χ1v) is 5.77. The van der Waals surface area contributed by atoms with Crippen molar-refractivity contribution in [1.82, 2.24) is 0 Å². The zero-order chi connectivity index (χ0) is 11.7. The molecule has 3 rings (SSSR count). The molecule has 17 heavy (non-hydrogen) atoms. The van der Waals surface area contributed by atoms with E-state index in [0.29, 0.717) is 26.4 Å². The molecule has 2 aromatic rings. The number of ether oxygens (including phenoxy) is 2. The Morgan fingerprint density at radius 2 is 2.12 bits per heavy atom. The fourth-order valence-corrected chi connectivity index (χ4v) is 1.98. The lowest BCUT2D eigenvalue weighted by atomic mass is 10.1. The first kappa shape index (κ1) is 10.8. The number of furan rings is 1. The van der Waals surface area contributed by atoms with Crippen LogP contribution in [0.5, 0.6) is 0 Å². The Hall–Kier alpha value is -1.36. The molecule has 1 aliphatic rings. The molecule has 4 nitrogen and oxygen atoms in total. The van der Waals surface area contributed by atoms with Gasteiger partial charge in [-0.25, -0.2) is 0 Å². The second-order valence-corrected chi connectivity index (χ2v) is 4.17. The topological polar surface area (TPSA) is 57.6 Å². The van der Waals surface area contributed by atoms with Crippen LogP contribution in [0.15, 0.2) is 28.7 Å². The summed E-state index contributed by atoms with van der Waals surface area (Å²) in [6.07, 6.45) is 0.217. The summed E-state index contributed by atoms with van der Waals surface area (Å²) in [7, 11) is 0. The summed E-state index contributed by atoms with van der Waals surface area (Å²) in [5, 5.41) is 1.09. The van der Waals surface area contributed by atoms with Crippen molar-refractivity contribution >= 4 is 11.0 Å². The van der Waals surface area contributed by atoms with Gasteiger partial charge in [0, 0.05) is 10.9 Å². The van der Waals surface area contributed by atoms with E-state index in [1.54, 1.807) is 0 Å². The maximum Gasteiger partial charge on any atom is 0.134 e. The van der Waals surface area contributed by atoms with Crippen LogP contribution < -0.4 is 5.73 Å². The molecule has 0 radical (unpaired) electrons. The third kappa shape index (κ3) is 1.95. The zero-order valence-electron chi connectivity index (χ0n) is 9.52. The first-order chi connectivity index (χ1) is 8.38. The van der Waals surface area contributed by atoms with Gasteiger partial charge in [0.1, 0.15) is 17.4 Å². The predicted molar refractivity (Wildman–Crippen MR) is 63.5 cm³/mol. The van der Waals surface area contributed by atoms with Crippen molar-refractivity contribution in [3.05, 3.63) is 35.6 Å². The third-order valence-corrected chi connectivity index (χ3v) is 3.04. The molecule has 1 aromatic carbocycles. The molecule has 1 aliphatic heterocycles. The van der Waals surface area contributed by atoms with Crippen LogP contribution in [0.4, 0.5) is 0 Å². The summed E-state index contributed by atoms with van der Waals surface area (Å²) >= 11 is 0. The minimum absolute atomic E-state index is 0.217. The molecule has 2 N–H and O–H groups in total. The SMILES string of the molecule is NCc1oc2ccccc2c1COC1COC1. The molecule has 0 aliphatic carbocycles. The molecule has 90 valence electrons. The van der Waals surface area contributed by atoms with E-state index in [1.165, 1.54) is 0 Å². The van der Waals surface area contributed by atoms with E-state index >= 15 is 0 Å². The largest absolute Gasteiger partial charge is 0.459 e. The predicted octanol–water partition coefficient (Wildman–Crippen LogP) is 1.81. The van der Waals surface area contributed by atoms with Crippen LogP contribution in [-0.4, -0.2) is 19.3 Å². The van der Waals surface area contributed by atoms with Crippen molar-refractivity contribution in [2.24, 2.45) is 5.73 Å². The fraction of sp³-hybridized carbons (Fsp3) is 0.385. The Morgan fingerprint density at radius 1 is 1.29 bits per heavy atom. The number of rotatable bonds is 4. The average Bonchev–Trinajstić information content (AvgIpc) is 2.66. The highest BCUT2D eigenvalue weighted by Gasteiger charge is 2.21. The quantitative estimate of drug-likeness (QED) is 0.875. The minimum Gasteiger partial charge on any atom is -0.459 e. The van der Waals surface area contributed by atoms with Crippen molar-refractivity contribution in [2.45, 2.75) is 19.3 Å². The lowest BCUT2D eigenvalue weighted by molar-refractivity contribution is -0.135. The Bertz CT molecular complexity index is 516.